The summed E-state index contributed by atoms with van der Waals surface area (Å²) in [6, 6.07) is 10.0. The van der Waals surface area contributed by atoms with E-state index < -0.39 is 11.6 Å². The Morgan fingerprint density at radius 2 is 1.86 bits per heavy atom. The molecule has 0 amide bonds. The van der Waals surface area contributed by atoms with E-state index in [4.69, 9.17) is 4.74 Å². The molecule has 1 atom stereocenters. The molecule has 0 aliphatic carbocycles. The zero-order valence-electron chi connectivity index (χ0n) is 12.4. The molecule has 0 saturated heterocycles. The first kappa shape index (κ1) is 15.4. The van der Waals surface area contributed by atoms with Crippen LogP contribution in [0.2, 0.25) is 0 Å². The van der Waals surface area contributed by atoms with Crippen molar-refractivity contribution < 1.29 is 13.5 Å². The Morgan fingerprint density at radius 1 is 1.10 bits per heavy atom. The van der Waals surface area contributed by atoms with Crippen molar-refractivity contribution in [3.63, 3.8) is 0 Å². The lowest BCUT2D eigenvalue weighted by molar-refractivity contribution is 0.303. The van der Waals surface area contributed by atoms with Crippen LogP contribution in [0.1, 0.15) is 29.7 Å². The molecule has 1 N–H and O–H groups in total. The molecular weight excluding hydrogens is 272 g/mol. The van der Waals surface area contributed by atoms with Crippen molar-refractivity contribution in [3.8, 4) is 5.75 Å². The Kier molecular flexibility index (Phi) is 4.91. The quantitative estimate of drug-likeness (QED) is 0.894. The second-order valence-electron chi connectivity index (χ2n) is 5.07. The second-order valence-corrected chi connectivity index (χ2v) is 5.07. The first-order chi connectivity index (χ1) is 10.0. The summed E-state index contributed by atoms with van der Waals surface area (Å²) < 4.78 is 31.7. The summed E-state index contributed by atoms with van der Waals surface area (Å²) in [6.07, 6.45) is 0. The van der Waals surface area contributed by atoms with Crippen LogP contribution in [0.4, 0.5) is 8.78 Å². The van der Waals surface area contributed by atoms with Crippen molar-refractivity contribution in [1.29, 1.82) is 0 Å². The molecule has 1 unspecified atom stereocenters. The van der Waals surface area contributed by atoms with Gasteiger partial charge in [-0.1, -0.05) is 18.2 Å². The Hall–Kier alpha value is -1.94. The highest BCUT2D eigenvalue weighted by Crippen LogP contribution is 2.23. The number of hydrogen-bond acceptors (Lipinski definition) is 2. The van der Waals surface area contributed by atoms with Gasteiger partial charge in [0.15, 0.2) is 11.6 Å². The van der Waals surface area contributed by atoms with Gasteiger partial charge in [0, 0.05) is 6.04 Å². The minimum absolute atomic E-state index is 0.207. The van der Waals surface area contributed by atoms with Gasteiger partial charge in [0.05, 0.1) is 0 Å². The molecule has 0 spiro atoms. The van der Waals surface area contributed by atoms with Crippen LogP contribution in [0.15, 0.2) is 36.4 Å². The molecule has 2 aromatic carbocycles. The summed E-state index contributed by atoms with van der Waals surface area (Å²) >= 11 is 0. The third-order valence-electron chi connectivity index (χ3n) is 3.51. The van der Waals surface area contributed by atoms with Gasteiger partial charge < -0.3 is 10.1 Å². The van der Waals surface area contributed by atoms with Crippen molar-refractivity contribution in [1.82, 2.24) is 5.32 Å². The number of aryl methyl sites for hydroxylation is 1. The first-order valence-electron chi connectivity index (χ1n) is 6.86. The highest BCUT2D eigenvalue weighted by Gasteiger charge is 2.07. The zero-order valence-corrected chi connectivity index (χ0v) is 12.4. The normalized spacial score (nSPS) is 12.2. The molecule has 0 radical (unpaired) electrons. The smallest absolute Gasteiger partial charge is 0.159 e. The van der Waals surface area contributed by atoms with E-state index in [9.17, 15) is 8.78 Å². The van der Waals surface area contributed by atoms with Gasteiger partial charge in [-0.3, -0.25) is 0 Å². The Labute approximate surface area is 123 Å². The van der Waals surface area contributed by atoms with Gasteiger partial charge in [-0.15, -0.1) is 0 Å². The fourth-order valence-corrected chi connectivity index (χ4v) is 2.06. The number of benzene rings is 2. The summed E-state index contributed by atoms with van der Waals surface area (Å²) in [4.78, 5) is 0. The van der Waals surface area contributed by atoms with E-state index in [1.54, 1.807) is 0 Å². The average Bonchev–Trinajstić information content (AvgIpc) is 2.48. The maximum Gasteiger partial charge on any atom is 0.159 e. The van der Waals surface area contributed by atoms with E-state index >= 15 is 0 Å². The Bertz CT molecular complexity index is 628. The molecule has 2 rings (SSSR count). The van der Waals surface area contributed by atoms with Crippen LogP contribution in [0, 0.1) is 18.6 Å². The minimum Gasteiger partial charge on any atom is -0.489 e. The van der Waals surface area contributed by atoms with Crippen LogP contribution in [-0.4, -0.2) is 7.05 Å². The molecular formula is C17H19F2NO. The van der Waals surface area contributed by atoms with E-state index in [0.717, 1.165) is 23.4 Å². The lowest BCUT2D eigenvalue weighted by atomic mass is 10.1. The van der Waals surface area contributed by atoms with Gasteiger partial charge in [0.2, 0.25) is 0 Å². The Morgan fingerprint density at radius 3 is 2.48 bits per heavy atom. The van der Waals surface area contributed by atoms with Gasteiger partial charge in [-0.05, 0) is 55.8 Å². The summed E-state index contributed by atoms with van der Waals surface area (Å²) in [5.41, 5.74) is 2.79. The molecule has 0 aliphatic heterocycles. The molecule has 0 bridgehead atoms. The van der Waals surface area contributed by atoms with E-state index in [0.29, 0.717) is 5.56 Å². The van der Waals surface area contributed by atoms with E-state index in [1.165, 1.54) is 11.6 Å². The highest BCUT2D eigenvalue weighted by atomic mass is 19.2. The third-order valence-corrected chi connectivity index (χ3v) is 3.51. The summed E-state index contributed by atoms with van der Waals surface area (Å²) in [7, 11) is 1.91. The van der Waals surface area contributed by atoms with Gasteiger partial charge in [0.25, 0.3) is 0 Å². The average molecular weight is 291 g/mol. The summed E-state index contributed by atoms with van der Waals surface area (Å²) in [5.74, 6) is -0.960. The SMILES string of the molecule is CNC(C)c1ccc(OCc2ccc(F)c(F)c2)c(C)c1. The molecule has 0 aromatic heterocycles. The predicted molar refractivity (Wildman–Crippen MR) is 79.3 cm³/mol. The van der Waals surface area contributed by atoms with E-state index in [-0.39, 0.29) is 12.6 Å². The molecule has 0 fully saturated rings. The van der Waals surface area contributed by atoms with Crippen LogP contribution in [0.25, 0.3) is 0 Å². The lowest BCUT2D eigenvalue weighted by Crippen LogP contribution is -2.12. The first-order valence-corrected chi connectivity index (χ1v) is 6.86. The molecule has 0 saturated carbocycles. The molecule has 112 valence electrons. The largest absolute Gasteiger partial charge is 0.489 e. The van der Waals surface area contributed by atoms with Gasteiger partial charge in [0.1, 0.15) is 12.4 Å². The molecule has 2 nitrogen and oxygen atoms in total. The number of hydrogen-bond donors (Lipinski definition) is 1. The maximum absolute atomic E-state index is 13.1. The van der Waals surface area contributed by atoms with Gasteiger partial charge in [-0.2, -0.15) is 0 Å². The second kappa shape index (κ2) is 6.68. The summed E-state index contributed by atoms with van der Waals surface area (Å²) in [5, 5.41) is 3.18. The standard InChI is InChI=1S/C17H19F2NO/c1-11-8-14(12(2)20-3)5-7-17(11)21-10-13-4-6-15(18)16(19)9-13/h4-9,12,20H,10H2,1-3H3. The fraction of sp³-hybridized carbons (Fsp3) is 0.294. The van der Waals surface area contributed by atoms with E-state index in [1.807, 2.05) is 26.1 Å². The topological polar surface area (TPSA) is 21.3 Å². The van der Waals surface area contributed by atoms with Crippen LogP contribution >= 0.6 is 0 Å². The zero-order chi connectivity index (χ0) is 15.4. The van der Waals surface area contributed by atoms with Crippen molar-refractivity contribution in [2.24, 2.45) is 0 Å². The maximum atomic E-state index is 13.1. The van der Waals surface area contributed by atoms with Crippen LogP contribution in [0.3, 0.4) is 0 Å². The third kappa shape index (κ3) is 3.79. The van der Waals surface area contributed by atoms with Crippen LogP contribution < -0.4 is 10.1 Å². The van der Waals surface area contributed by atoms with Crippen molar-refractivity contribution >= 4 is 0 Å². The fourth-order valence-electron chi connectivity index (χ4n) is 2.06. The minimum atomic E-state index is -0.856. The summed E-state index contributed by atoms with van der Waals surface area (Å²) in [6.45, 7) is 4.25. The number of rotatable bonds is 5. The predicted octanol–water partition coefficient (Wildman–Crippen LogP) is 4.13. The number of ether oxygens (including phenoxy) is 1. The van der Waals surface area contributed by atoms with Gasteiger partial charge in [-0.25, -0.2) is 8.78 Å². The van der Waals surface area contributed by atoms with Gasteiger partial charge >= 0.3 is 0 Å². The van der Waals surface area contributed by atoms with Crippen LogP contribution in [0.5, 0.6) is 5.75 Å². The Balaban J connectivity index is 2.07. The molecule has 21 heavy (non-hydrogen) atoms. The van der Waals surface area contributed by atoms with E-state index in [2.05, 4.69) is 18.3 Å². The van der Waals surface area contributed by atoms with Crippen LogP contribution in [-0.2, 0) is 6.61 Å². The molecule has 2 aromatic rings. The van der Waals surface area contributed by atoms with Crippen molar-refractivity contribution in [2.45, 2.75) is 26.5 Å². The molecule has 0 heterocycles. The molecule has 0 aliphatic rings. The van der Waals surface area contributed by atoms with Crippen molar-refractivity contribution in [3.05, 3.63) is 64.7 Å². The number of nitrogens with one attached hydrogen (secondary N) is 1. The lowest BCUT2D eigenvalue weighted by Gasteiger charge is -2.14. The van der Waals surface area contributed by atoms with Crippen molar-refractivity contribution in [2.75, 3.05) is 7.05 Å². The number of halogens is 2. The highest BCUT2D eigenvalue weighted by molar-refractivity contribution is 5.37. The molecule has 4 heteroatoms. The monoisotopic (exact) mass is 291 g/mol.